The Labute approximate surface area is 99.2 Å². The van der Waals surface area contributed by atoms with Crippen molar-refractivity contribution >= 4 is 22.5 Å². The van der Waals surface area contributed by atoms with E-state index in [1.54, 1.807) is 5.06 Å². The molecule has 0 bridgehead atoms. The number of carbonyl (C=O) groups excluding carboxylic acids is 1. The van der Waals surface area contributed by atoms with E-state index in [-0.39, 0.29) is 11.7 Å². The Morgan fingerprint density at radius 2 is 2.12 bits per heavy atom. The highest BCUT2D eigenvalue weighted by molar-refractivity contribution is 6.63. The number of allylic oxidation sites excluding steroid dienone is 1. The van der Waals surface area contributed by atoms with Crippen LogP contribution in [-0.4, -0.2) is 11.8 Å². The van der Waals surface area contributed by atoms with Gasteiger partial charge in [-0.3, -0.25) is 9.63 Å². The van der Waals surface area contributed by atoms with Gasteiger partial charge in [-0.15, -0.1) is 0 Å². The smallest absolute Gasteiger partial charge is 0.227 e. The molecule has 0 N–H and O–H groups in total. The Kier molecular flexibility index (Phi) is 3.27. The molecule has 0 aromatic heterocycles. The van der Waals surface area contributed by atoms with Crippen LogP contribution in [-0.2, 0) is 9.63 Å². The number of halogens is 1. The fourth-order valence-corrected chi connectivity index (χ4v) is 1.77. The summed E-state index contributed by atoms with van der Waals surface area (Å²) >= 11 is 5.42. The van der Waals surface area contributed by atoms with Crippen LogP contribution in [0.3, 0.4) is 0 Å². The second-order valence-electron chi connectivity index (χ2n) is 3.66. The topological polar surface area (TPSA) is 29.5 Å². The van der Waals surface area contributed by atoms with Crippen LogP contribution >= 0.6 is 11.6 Å². The lowest BCUT2D eigenvalue weighted by atomic mass is 10.2. The van der Waals surface area contributed by atoms with Crippen LogP contribution in [0, 0.1) is 0 Å². The van der Waals surface area contributed by atoms with Gasteiger partial charge >= 0.3 is 0 Å². The fourth-order valence-electron chi connectivity index (χ4n) is 1.64. The number of para-hydroxylation sites is 1. The number of anilines is 1. The van der Waals surface area contributed by atoms with E-state index in [4.69, 9.17) is 16.4 Å². The lowest BCUT2D eigenvalue weighted by Crippen LogP contribution is -2.18. The van der Waals surface area contributed by atoms with Crippen molar-refractivity contribution < 1.29 is 9.63 Å². The van der Waals surface area contributed by atoms with E-state index in [1.807, 2.05) is 37.3 Å². The SMILES string of the molecule is CC1=C(CC(=O)Cl)N(c2ccccc2)OC1. The van der Waals surface area contributed by atoms with Crippen molar-refractivity contribution in [2.24, 2.45) is 0 Å². The highest BCUT2D eigenvalue weighted by Gasteiger charge is 2.23. The van der Waals surface area contributed by atoms with Crippen molar-refractivity contribution in [3.05, 3.63) is 41.6 Å². The van der Waals surface area contributed by atoms with E-state index in [0.29, 0.717) is 6.61 Å². The third kappa shape index (κ3) is 2.26. The first-order valence-electron chi connectivity index (χ1n) is 5.03. The first-order valence-corrected chi connectivity index (χ1v) is 5.41. The van der Waals surface area contributed by atoms with Crippen molar-refractivity contribution in [2.75, 3.05) is 11.7 Å². The maximum absolute atomic E-state index is 11.0. The quantitative estimate of drug-likeness (QED) is 0.757. The van der Waals surface area contributed by atoms with E-state index in [2.05, 4.69) is 0 Å². The van der Waals surface area contributed by atoms with Crippen molar-refractivity contribution in [3.63, 3.8) is 0 Å². The predicted octanol–water partition coefficient (Wildman–Crippen LogP) is 2.87. The molecule has 0 radical (unpaired) electrons. The first kappa shape index (κ1) is 11.2. The van der Waals surface area contributed by atoms with Gasteiger partial charge < -0.3 is 0 Å². The summed E-state index contributed by atoms with van der Waals surface area (Å²) in [4.78, 5) is 16.5. The number of benzene rings is 1. The maximum Gasteiger partial charge on any atom is 0.227 e. The number of carbonyl (C=O) groups is 1. The van der Waals surface area contributed by atoms with Gasteiger partial charge in [-0.25, -0.2) is 5.06 Å². The minimum absolute atomic E-state index is 0.197. The number of hydroxylamine groups is 1. The number of hydrogen-bond acceptors (Lipinski definition) is 3. The summed E-state index contributed by atoms with van der Waals surface area (Å²) in [5, 5.41) is 1.30. The molecule has 1 aromatic rings. The largest absolute Gasteiger partial charge is 0.281 e. The highest BCUT2D eigenvalue weighted by Crippen LogP contribution is 2.29. The molecule has 0 aliphatic carbocycles. The van der Waals surface area contributed by atoms with Crippen LogP contribution in [0.25, 0.3) is 0 Å². The van der Waals surface area contributed by atoms with Gasteiger partial charge in [-0.1, -0.05) is 18.2 Å². The minimum atomic E-state index is -0.374. The Balaban J connectivity index is 2.27. The van der Waals surface area contributed by atoms with E-state index >= 15 is 0 Å². The normalized spacial score (nSPS) is 15.8. The number of hydrogen-bond donors (Lipinski definition) is 0. The molecular formula is C12H12ClNO2. The molecule has 4 heteroatoms. The Hall–Kier alpha value is -1.32. The van der Waals surface area contributed by atoms with Crippen LogP contribution in [0.1, 0.15) is 13.3 Å². The van der Waals surface area contributed by atoms with Gasteiger partial charge in [0.05, 0.1) is 24.4 Å². The van der Waals surface area contributed by atoms with Gasteiger partial charge in [0.1, 0.15) is 0 Å². The van der Waals surface area contributed by atoms with Gasteiger partial charge in [0.25, 0.3) is 0 Å². The average molecular weight is 238 g/mol. The monoisotopic (exact) mass is 237 g/mol. The van der Waals surface area contributed by atoms with Crippen molar-refractivity contribution in [1.29, 1.82) is 0 Å². The molecule has 2 rings (SSSR count). The van der Waals surface area contributed by atoms with Gasteiger partial charge in [-0.2, -0.15) is 0 Å². The molecule has 84 valence electrons. The van der Waals surface area contributed by atoms with Crippen LogP contribution in [0.4, 0.5) is 5.69 Å². The summed E-state index contributed by atoms with van der Waals surface area (Å²) < 4.78 is 0. The van der Waals surface area contributed by atoms with Gasteiger partial charge in [0.15, 0.2) is 0 Å². The van der Waals surface area contributed by atoms with Gasteiger partial charge in [0.2, 0.25) is 5.24 Å². The molecule has 1 aliphatic rings. The van der Waals surface area contributed by atoms with E-state index in [9.17, 15) is 4.79 Å². The van der Waals surface area contributed by atoms with E-state index in [1.165, 1.54) is 0 Å². The summed E-state index contributed by atoms with van der Waals surface area (Å²) in [6.45, 7) is 2.45. The molecule has 0 saturated carbocycles. The Morgan fingerprint density at radius 3 is 2.75 bits per heavy atom. The lowest BCUT2D eigenvalue weighted by molar-refractivity contribution is -0.111. The van der Waals surface area contributed by atoms with E-state index in [0.717, 1.165) is 17.0 Å². The summed E-state index contributed by atoms with van der Waals surface area (Å²) in [6.07, 6.45) is 0.197. The summed E-state index contributed by atoms with van der Waals surface area (Å²) in [5.74, 6) is 0. The van der Waals surface area contributed by atoms with Gasteiger partial charge in [-0.05, 0) is 36.2 Å². The molecule has 16 heavy (non-hydrogen) atoms. The van der Waals surface area contributed by atoms with Crippen LogP contribution in [0.5, 0.6) is 0 Å². The molecule has 0 amide bonds. The van der Waals surface area contributed by atoms with Crippen LogP contribution in [0.15, 0.2) is 41.6 Å². The summed E-state index contributed by atoms with van der Waals surface area (Å²) in [6, 6.07) is 9.64. The number of rotatable bonds is 3. The molecule has 0 spiro atoms. The third-order valence-electron chi connectivity index (χ3n) is 2.45. The Bertz CT molecular complexity index is 428. The second kappa shape index (κ2) is 4.68. The second-order valence-corrected chi connectivity index (χ2v) is 4.08. The summed E-state index contributed by atoms with van der Waals surface area (Å²) in [7, 11) is 0. The number of nitrogens with zero attached hydrogens (tertiary/aromatic N) is 1. The molecule has 0 fully saturated rings. The molecule has 3 nitrogen and oxygen atoms in total. The maximum atomic E-state index is 11.0. The summed E-state index contributed by atoms with van der Waals surface area (Å²) in [5.41, 5.74) is 2.79. The van der Waals surface area contributed by atoms with Crippen molar-refractivity contribution in [1.82, 2.24) is 0 Å². The van der Waals surface area contributed by atoms with Crippen molar-refractivity contribution in [2.45, 2.75) is 13.3 Å². The zero-order chi connectivity index (χ0) is 11.5. The minimum Gasteiger partial charge on any atom is -0.281 e. The lowest BCUT2D eigenvalue weighted by Gasteiger charge is -2.19. The zero-order valence-corrected chi connectivity index (χ0v) is 9.70. The first-order chi connectivity index (χ1) is 7.68. The fraction of sp³-hybridized carbons (Fsp3) is 0.250. The van der Waals surface area contributed by atoms with Gasteiger partial charge in [0, 0.05) is 0 Å². The zero-order valence-electron chi connectivity index (χ0n) is 8.94. The molecule has 0 saturated heterocycles. The highest BCUT2D eigenvalue weighted by atomic mass is 35.5. The standard InChI is InChI=1S/C12H12ClNO2/c1-9-8-16-14(11(9)7-12(13)15)10-5-3-2-4-6-10/h2-6H,7-8H2,1H3. The molecule has 1 aliphatic heterocycles. The molecule has 0 atom stereocenters. The van der Waals surface area contributed by atoms with E-state index < -0.39 is 0 Å². The van der Waals surface area contributed by atoms with Crippen molar-refractivity contribution in [3.8, 4) is 0 Å². The Morgan fingerprint density at radius 1 is 1.44 bits per heavy atom. The molecule has 1 heterocycles. The van der Waals surface area contributed by atoms with Crippen LogP contribution in [0.2, 0.25) is 0 Å². The predicted molar refractivity (Wildman–Crippen MR) is 63.1 cm³/mol. The average Bonchev–Trinajstić information content (AvgIpc) is 2.61. The molecule has 0 unspecified atom stereocenters. The molecular weight excluding hydrogens is 226 g/mol. The third-order valence-corrected chi connectivity index (χ3v) is 2.58. The molecule has 1 aromatic carbocycles. The van der Waals surface area contributed by atoms with Crippen LogP contribution < -0.4 is 5.06 Å².